The zero-order chi connectivity index (χ0) is 94.9. The summed E-state index contributed by atoms with van der Waals surface area (Å²) in [5, 5.41) is 37.6. The number of rotatable bonds is 27. The number of carbonyl (C=O) groups excluding carboxylic acids is 4. The number of amides is 4. The zero-order valence-corrected chi connectivity index (χ0v) is 79.4. The van der Waals surface area contributed by atoms with Gasteiger partial charge in [0, 0.05) is 108 Å². The fourth-order valence-corrected chi connectivity index (χ4v) is 19.6. The first kappa shape index (κ1) is 103. The van der Waals surface area contributed by atoms with Crippen LogP contribution in [-0.4, -0.2) is 102 Å². The fourth-order valence-electron chi connectivity index (χ4n) is 19.0. The topological polar surface area (TPSA) is 230 Å². The lowest BCUT2D eigenvalue weighted by molar-refractivity contribution is -0.140. The average Bonchev–Trinajstić information content (AvgIpc) is 0.822. The van der Waals surface area contributed by atoms with Crippen molar-refractivity contribution in [3.63, 3.8) is 0 Å². The molecule has 16 nitrogen and oxygen atoms in total. The van der Waals surface area contributed by atoms with Crippen LogP contribution in [0.5, 0.6) is 0 Å². The van der Waals surface area contributed by atoms with Gasteiger partial charge in [-0.15, -0.1) is 0 Å². The first-order valence-electron chi connectivity index (χ1n) is 44.9. The van der Waals surface area contributed by atoms with Gasteiger partial charge in [-0.25, -0.2) is 4.79 Å². The Balaban J connectivity index is 0.000000210. The summed E-state index contributed by atoms with van der Waals surface area (Å²) in [7, 11) is 0. The van der Waals surface area contributed by atoms with Crippen molar-refractivity contribution in [3.8, 4) is 0 Å². The number of halogens is 8. The smallest absolute Gasteiger partial charge is 0.416 e. The highest BCUT2D eigenvalue weighted by Crippen LogP contribution is 2.53. The maximum atomic E-state index is 14.1. The molecule has 0 bridgehead atoms. The minimum atomic E-state index is -4.50. The number of aromatic carboxylic acids is 1. The Hall–Kier alpha value is -9.02. The van der Waals surface area contributed by atoms with Crippen molar-refractivity contribution >= 4 is 76.4 Å². The molecule has 4 aliphatic heterocycles. The number of aryl methyl sites for hydroxylation is 2. The van der Waals surface area contributed by atoms with Crippen LogP contribution in [0.15, 0.2) is 144 Å². The van der Waals surface area contributed by atoms with E-state index < -0.39 is 69.0 Å². The predicted octanol–water partition coefficient (Wildman–Crippen LogP) is 25.4. The highest BCUT2D eigenvalue weighted by Gasteiger charge is 2.48. The number of benzene rings is 5. The molecule has 5 aromatic rings. The number of hydrogen-bond donors (Lipinski definition) is 4. The van der Waals surface area contributed by atoms with Crippen LogP contribution in [-0.2, 0) is 86.8 Å². The van der Waals surface area contributed by atoms with E-state index in [9.17, 15) is 64.7 Å². The van der Waals surface area contributed by atoms with Crippen LogP contribution in [0.1, 0.15) is 307 Å². The molecule has 0 radical (unpaired) electrons. The number of carboxylic acids is 4. The highest BCUT2D eigenvalue weighted by molar-refractivity contribution is 6.32. The summed E-state index contributed by atoms with van der Waals surface area (Å²) in [6.45, 7) is 41.1. The average molecular weight is 1810 g/mol. The Morgan fingerprint density at radius 3 is 1.09 bits per heavy atom. The van der Waals surface area contributed by atoms with E-state index in [0.29, 0.717) is 67.2 Å². The van der Waals surface area contributed by atoms with Crippen LogP contribution in [0.4, 0.5) is 32.0 Å². The van der Waals surface area contributed by atoms with E-state index in [1.165, 1.54) is 83.7 Å². The third-order valence-corrected chi connectivity index (χ3v) is 27.5. The Morgan fingerprint density at radius 1 is 0.441 bits per heavy atom. The maximum absolute atomic E-state index is 14.1. The third-order valence-electron chi connectivity index (χ3n) is 26.8. The summed E-state index contributed by atoms with van der Waals surface area (Å²) in [5.41, 5.74) is 6.38. The molecule has 5 aromatic carbocycles. The fraction of sp³-hybridized carbons (Fsp3) is 0.553. The molecule has 24 heteroatoms. The first-order chi connectivity index (χ1) is 58.8. The molecular formula is C103H134Cl2F6N4O12. The van der Waals surface area contributed by atoms with Crippen molar-refractivity contribution in [3.05, 3.63) is 215 Å². The van der Waals surface area contributed by atoms with Crippen molar-refractivity contribution in [2.45, 2.75) is 294 Å². The molecule has 2 fully saturated rings. The molecule has 6 aliphatic rings. The number of allylic oxidation sites excluding steroid dienone is 4. The normalized spacial score (nSPS) is 22.0. The predicted molar refractivity (Wildman–Crippen MR) is 490 cm³/mol. The summed E-state index contributed by atoms with van der Waals surface area (Å²) in [4.78, 5) is 102. The van der Waals surface area contributed by atoms with Crippen molar-refractivity contribution in [1.29, 1.82) is 0 Å². The second kappa shape index (κ2) is 41.8. The largest absolute Gasteiger partial charge is 0.481 e. The quantitative estimate of drug-likeness (QED) is 0.0360. The minimum Gasteiger partial charge on any atom is -0.481 e. The summed E-state index contributed by atoms with van der Waals surface area (Å²) in [6.07, 6.45) is 8.99. The maximum Gasteiger partial charge on any atom is 0.416 e. The Bertz CT molecular complexity index is 4960. The summed E-state index contributed by atoms with van der Waals surface area (Å²) in [6, 6.07) is 27.6. The second-order valence-electron chi connectivity index (χ2n) is 40.7. The lowest BCUT2D eigenvalue weighted by Crippen LogP contribution is -2.43. The number of alkyl halides is 6. The molecule has 4 heterocycles. The molecule has 0 saturated heterocycles. The van der Waals surface area contributed by atoms with E-state index in [0.717, 1.165) is 61.7 Å². The van der Waals surface area contributed by atoms with Gasteiger partial charge in [-0.2, -0.15) is 26.3 Å². The van der Waals surface area contributed by atoms with Gasteiger partial charge in [0.05, 0.1) is 36.0 Å². The van der Waals surface area contributed by atoms with Gasteiger partial charge in [0.15, 0.2) is 0 Å². The zero-order valence-electron chi connectivity index (χ0n) is 77.9. The van der Waals surface area contributed by atoms with E-state index in [4.69, 9.17) is 43.6 Å². The van der Waals surface area contributed by atoms with Gasteiger partial charge in [0.25, 0.3) is 0 Å². The number of anilines is 1. The molecule has 127 heavy (non-hydrogen) atoms. The van der Waals surface area contributed by atoms with E-state index >= 15 is 0 Å². The highest BCUT2D eigenvalue weighted by atomic mass is 35.5. The monoisotopic (exact) mass is 1800 g/mol. The van der Waals surface area contributed by atoms with E-state index in [1.807, 2.05) is 94.6 Å². The van der Waals surface area contributed by atoms with Crippen LogP contribution in [0, 0.1) is 52.3 Å². The first-order valence-corrected chi connectivity index (χ1v) is 45.6. The van der Waals surface area contributed by atoms with Crippen LogP contribution in [0.2, 0.25) is 10.0 Å². The molecule has 0 unspecified atom stereocenters. The van der Waals surface area contributed by atoms with E-state index in [1.54, 1.807) is 65.5 Å². The molecule has 0 aromatic heterocycles. The second-order valence-corrected chi connectivity index (χ2v) is 41.5. The molecular weight excluding hydrogens is 1670 g/mol. The Kier molecular flexibility index (Phi) is 34.0. The minimum absolute atomic E-state index is 0.00364. The standard InChI is InChI=1S/C29H34F3NO3.C25H34ClNO3.C25H34F3NO3.C24H32ClNO3/c1-18(2)24-17-33(22-11-8-20(9-12-22)26(35)36)25(34)16-28(24,6)21-10-7-19(13-14-27(3,4)5)23(15-21)29(30,31)32;1-15(2)17-10-18(11-17)20-7-6-19(12-22(20)26)25(5)13-23(28)27(9-8-24(29)30)14-21(25)16(3)4;1-16(2)20-15-29(12-10-22(31)32)21(30)14-24(20,6)18-8-7-17(9-11-23(3,4)5)19(13-18)25(26,27)28;1-16(2)20-15-26(11-10-23(28)29)22(27)14-24(20,3)19-9-8-18(21(25)13-19)12-17-6-4-5-7-17/h7-12,15,17-18H,13-14,16H2,1-6H3,(H,35,36);6-7,12,14-18H,8-11,13H2,1-5H3,(H,29,30);7-8,13,15-16H,9-12,14H2,1-6H3,(H,31,32);8-9,13,15-17H,4-7,10-12,14H2,1-3H3,(H,28,29)/t28-;17?,18?,25-;2*24-/m0000/s1. The SMILES string of the molecule is CC(C)C1=CN(CCC(=O)O)C(=O)C[C@@]1(C)c1ccc(C2CC(C(C)C)C2)c(Cl)c1.CC(C)C1=CN(CCC(=O)O)C(=O)C[C@@]1(C)c1ccc(CC2CCCC2)c(Cl)c1.CC(C)C1=CN(CCC(=O)O)C(=O)C[C@@]1(C)c1ccc(CCC(C)(C)C)c(C(F)(F)F)c1.CC(C)C1=CN(c2ccc(C(=O)O)cc2)C(=O)C[C@@]1(C)c1ccc(CCC(C)(C)C)c(C(F)(F)F)c1. The van der Waals surface area contributed by atoms with Crippen molar-refractivity contribution in [2.24, 2.45) is 52.3 Å². The number of carboxylic acid groups (broad SMARTS) is 4. The Labute approximate surface area is 758 Å². The summed E-state index contributed by atoms with van der Waals surface area (Å²) in [5.74, 6) is -1.34. The van der Waals surface area contributed by atoms with E-state index in [2.05, 4.69) is 85.7 Å². The summed E-state index contributed by atoms with van der Waals surface area (Å²) < 4.78 is 84.2. The number of nitrogens with zero attached hydrogens (tertiary/aromatic N) is 4. The molecule has 694 valence electrons. The van der Waals surface area contributed by atoms with Crippen molar-refractivity contribution in [1.82, 2.24) is 14.7 Å². The van der Waals surface area contributed by atoms with E-state index in [-0.39, 0.29) is 127 Å². The molecule has 2 saturated carbocycles. The van der Waals surface area contributed by atoms with Gasteiger partial charge >= 0.3 is 36.2 Å². The van der Waals surface area contributed by atoms with Crippen molar-refractivity contribution < 1.29 is 85.1 Å². The number of aliphatic carboxylic acids is 3. The van der Waals surface area contributed by atoms with Gasteiger partial charge in [-0.05, 0) is 218 Å². The van der Waals surface area contributed by atoms with Crippen molar-refractivity contribution in [2.75, 3.05) is 24.5 Å². The molecule has 4 amide bonds. The molecule has 11 rings (SSSR count). The number of carbonyl (C=O) groups is 8. The van der Waals surface area contributed by atoms with Gasteiger partial charge in [0.1, 0.15) is 0 Å². The lowest BCUT2D eigenvalue weighted by atomic mass is 9.65. The van der Waals surface area contributed by atoms with Crippen LogP contribution in [0.3, 0.4) is 0 Å². The lowest BCUT2D eigenvalue weighted by Gasteiger charge is -2.42. The third kappa shape index (κ3) is 26.2. The summed E-state index contributed by atoms with van der Waals surface area (Å²) >= 11 is 13.4. The van der Waals surface area contributed by atoms with Gasteiger partial charge in [-0.3, -0.25) is 38.5 Å². The van der Waals surface area contributed by atoms with Crippen LogP contribution >= 0.6 is 23.2 Å². The number of hydrogen-bond acceptors (Lipinski definition) is 8. The molecule has 4 N–H and O–H groups in total. The molecule has 2 aliphatic carbocycles. The molecule has 4 atom stereocenters. The van der Waals surface area contributed by atoms with Gasteiger partial charge < -0.3 is 35.1 Å². The van der Waals surface area contributed by atoms with Crippen LogP contribution in [0.25, 0.3) is 0 Å². The van der Waals surface area contributed by atoms with Gasteiger partial charge in [-0.1, -0.05) is 236 Å². The van der Waals surface area contributed by atoms with Crippen LogP contribution < -0.4 is 4.90 Å². The Morgan fingerprint density at radius 2 is 0.772 bits per heavy atom. The molecule has 0 spiro atoms. The van der Waals surface area contributed by atoms with Gasteiger partial charge in [0.2, 0.25) is 23.6 Å².